The van der Waals surface area contributed by atoms with Crippen LogP contribution >= 0.6 is 0 Å². The Balaban J connectivity index is 1.70. The lowest BCUT2D eigenvalue weighted by molar-refractivity contribution is -0.272. The molecule has 0 radical (unpaired) electrons. The molecule has 0 aromatic heterocycles. The fourth-order valence-corrected chi connectivity index (χ4v) is 6.45. The van der Waals surface area contributed by atoms with Gasteiger partial charge in [-0.2, -0.15) is 0 Å². The van der Waals surface area contributed by atoms with E-state index in [2.05, 4.69) is 0 Å². The molecule has 32 heavy (non-hydrogen) atoms. The van der Waals surface area contributed by atoms with Crippen molar-refractivity contribution in [2.75, 3.05) is 7.11 Å². The first-order chi connectivity index (χ1) is 14.7. The van der Waals surface area contributed by atoms with Crippen molar-refractivity contribution in [1.82, 2.24) is 0 Å². The number of hydrogen-bond acceptors (Lipinski definition) is 8. The van der Waals surface area contributed by atoms with Gasteiger partial charge < -0.3 is 29.9 Å². The molecule has 0 heterocycles. The number of aromatic hydroxyl groups is 1. The molecule has 8 nitrogen and oxygen atoms in total. The molecule has 6 atom stereocenters. The van der Waals surface area contributed by atoms with Crippen molar-refractivity contribution < 1.29 is 39.5 Å². The largest absolute Gasteiger partial charge is 0.507 e. The first-order valence-electron chi connectivity index (χ1n) is 10.6. The minimum atomic E-state index is -1.88. The summed E-state index contributed by atoms with van der Waals surface area (Å²) in [5.41, 5.74) is -4.76. The Morgan fingerprint density at radius 3 is 2.44 bits per heavy atom. The molecule has 4 N–H and O–H groups in total. The summed E-state index contributed by atoms with van der Waals surface area (Å²) in [4.78, 5) is 24.9. The van der Waals surface area contributed by atoms with Crippen molar-refractivity contribution in [2.24, 2.45) is 16.7 Å². The number of rotatable bonds is 4. The number of carbonyl (C=O) groups excluding carboxylic acids is 2. The Hall–Kier alpha value is -2.42. The fraction of sp³-hybridized carbons (Fsp3) is 0.583. The molecule has 3 aliphatic carbocycles. The molecule has 4 rings (SSSR count). The Morgan fingerprint density at radius 2 is 1.88 bits per heavy atom. The van der Waals surface area contributed by atoms with Crippen LogP contribution in [0.2, 0.25) is 0 Å². The molecular formula is C24H30O8. The number of hydrogen-bond donors (Lipinski definition) is 4. The van der Waals surface area contributed by atoms with Crippen LogP contribution in [-0.4, -0.2) is 63.2 Å². The number of ether oxygens (including phenoxy) is 2. The van der Waals surface area contributed by atoms with Crippen LogP contribution in [0.3, 0.4) is 0 Å². The molecule has 8 heteroatoms. The molecule has 3 aliphatic rings. The van der Waals surface area contributed by atoms with E-state index in [0.717, 1.165) is 0 Å². The first-order valence-corrected chi connectivity index (χ1v) is 10.6. The normalized spacial score (nSPS) is 39.2. The van der Waals surface area contributed by atoms with Gasteiger partial charge in [0.2, 0.25) is 0 Å². The van der Waals surface area contributed by atoms with E-state index in [1.165, 1.54) is 19.3 Å². The predicted octanol–water partition coefficient (Wildman–Crippen LogP) is 1.65. The lowest BCUT2D eigenvalue weighted by atomic mass is 9.43. The van der Waals surface area contributed by atoms with Crippen LogP contribution in [0, 0.1) is 23.7 Å². The number of aliphatic hydroxyl groups is 3. The number of fused-ring (bicyclic) bond motifs is 3. The van der Waals surface area contributed by atoms with Crippen molar-refractivity contribution >= 4 is 12.3 Å². The predicted molar refractivity (Wildman–Crippen MR) is 113 cm³/mol. The monoisotopic (exact) mass is 446 g/mol. The molecule has 0 bridgehead atoms. The molecule has 1 aromatic carbocycles. The zero-order valence-electron chi connectivity index (χ0n) is 18.9. The van der Waals surface area contributed by atoms with E-state index in [4.69, 9.17) is 9.47 Å². The van der Waals surface area contributed by atoms with Crippen LogP contribution in [0.25, 0.3) is 0 Å². The van der Waals surface area contributed by atoms with Crippen LogP contribution in [0.5, 0.6) is 11.5 Å². The molecule has 2 fully saturated rings. The van der Waals surface area contributed by atoms with Gasteiger partial charge in [0, 0.05) is 23.0 Å². The zero-order valence-corrected chi connectivity index (χ0v) is 18.9. The molecule has 1 aromatic rings. The third kappa shape index (κ3) is 2.72. The van der Waals surface area contributed by atoms with Crippen LogP contribution in [0.4, 0.5) is 0 Å². The average molecular weight is 446 g/mol. The van der Waals surface area contributed by atoms with Crippen LogP contribution < -0.4 is 4.74 Å². The van der Waals surface area contributed by atoms with Crippen LogP contribution in [0.15, 0.2) is 23.8 Å². The summed E-state index contributed by atoms with van der Waals surface area (Å²) in [5.74, 6) is -1.54. The first kappa shape index (κ1) is 22.8. The molecule has 174 valence electrons. The van der Waals surface area contributed by atoms with Gasteiger partial charge in [0.1, 0.15) is 35.1 Å². The summed E-state index contributed by atoms with van der Waals surface area (Å²) in [5, 5.41) is 44.3. The van der Waals surface area contributed by atoms with Crippen molar-refractivity contribution in [3.05, 3.63) is 34.9 Å². The summed E-state index contributed by atoms with van der Waals surface area (Å²) in [7, 11) is 1.44. The van der Waals surface area contributed by atoms with Crippen molar-refractivity contribution in [2.45, 2.75) is 63.9 Å². The highest BCUT2D eigenvalue weighted by Crippen LogP contribution is 2.69. The second-order valence-electron chi connectivity index (χ2n) is 10.4. The van der Waals surface area contributed by atoms with Gasteiger partial charge in [-0.15, -0.1) is 0 Å². The Bertz CT molecular complexity index is 1010. The number of benzene rings is 1. The van der Waals surface area contributed by atoms with E-state index in [0.29, 0.717) is 17.6 Å². The standard InChI is InChI=1S/C24H30O8/c1-12-6-14(31-5)7-15(26)17(12)20(28)32-16-9-22(4)18-19(27)21(2,3)11-23(18,29)8-13(10-25)24(16,22)30/h6-8,10,16,18-19,26-27,29-30H,9,11H2,1-5H3/t16-,18?,19-,22-,23+,24+/m1/s1. The van der Waals surface area contributed by atoms with E-state index in [-0.39, 0.29) is 29.7 Å². The molecule has 1 unspecified atom stereocenters. The summed E-state index contributed by atoms with van der Waals surface area (Å²) in [6.07, 6.45) is 0.144. The summed E-state index contributed by atoms with van der Waals surface area (Å²) < 4.78 is 10.7. The molecule has 0 aliphatic heterocycles. The van der Waals surface area contributed by atoms with Gasteiger partial charge in [-0.1, -0.05) is 20.8 Å². The molecule has 0 amide bonds. The minimum Gasteiger partial charge on any atom is -0.507 e. The molecule has 0 spiro atoms. The lowest BCUT2D eigenvalue weighted by Crippen LogP contribution is -2.76. The number of aliphatic hydroxyl groups excluding tert-OH is 1. The lowest BCUT2D eigenvalue weighted by Gasteiger charge is -2.66. The maximum Gasteiger partial charge on any atom is 0.342 e. The Morgan fingerprint density at radius 1 is 1.22 bits per heavy atom. The topological polar surface area (TPSA) is 134 Å². The van der Waals surface area contributed by atoms with E-state index < -0.39 is 46.1 Å². The van der Waals surface area contributed by atoms with Crippen molar-refractivity contribution in [3.63, 3.8) is 0 Å². The second kappa shape index (κ2) is 6.79. The Labute approximate surface area is 186 Å². The van der Waals surface area contributed by atoms with Gasteiger partial charge in [0.15, 0.2) is 0 Å². The number of esters is 1. The highest BCUT2D eigenvalue weighted by molar-refractivity contribution is 5.94. The SMILES string of the molecule is COc1cc(C)c(C(=O)O[C@@H]2C[C@]3(C)C4[C@@H](O)C(C)(C)C[C@@]4(O)C=C(C=O)[C@]23O)c(O)c1. The maximum absolute atomic E-state index is 12.9. The Kier molecular flexibility index (Phi) is 4.83. The highest BCUT2D eigenvalue weighted by Gasteiger charge is 2.77. The van der Waals surface area contributed by atoms with Gasteiger partial charge in [-0.05, 0) is 42.9 Å². The smallest absolute Gasteiger partial charge is 0.342 e. The molecular weight excluding hydrogens is 416 g/mol. The quantitative estimate of drug-likeness (QED) is 0.405. The van der Waals surface area contributed by atoms with Crippen LogP contribution in [0.1, 0.15) is 49.5 Å². The third-order valence-corrected chi connectivity index (χ3v) is 7.98. The van der Waals surface area contributed by atoms with Gasteiger partial charge in [-0.25, -0.2) is 4.79 Å². The summed E-state index contributed by atoms with van der Waals surface area (Å²) in [6, 6.07) is 2.86. The number of methoxy groups -OCH3 is 1. The second-order valence-corrected chi connectivity index (χ2v) is 10.4. The number of carbonyl (C=O) groups is 2. The number of phenols is 1. The third-order valence-electron chi connectivity index (χ3n) is 7.98. The van der Waals surface area contributed by atoms with E-state index >= 15 is 0 Å². The summed E-state index contributed by atoms with van der Waals surface area (Å²) >= 11 is 0. The highest BCUT2D eigenvalue weighted by atomic mass is 16.6. The van der Waals surface area contributed by atoms with Crippen molar-refractivity contribution in [3.8, 4) is 11.5 Å². The minimum absolute atomic E-state index is 0.0611. The number of aldehydes is 1. The number of aryl methyl sites for hydroxylation is 1. The van der Waals surface area contributed by atoms with Crippen molar-refractivity contribution in [1.29, 1.82) is 0 Å². The fourth-order valence-electron chi connectivity index (χ4n) is 6.45. The van der Waals surface area contributed by atoms with E-state index in [1.54, 1.807) is 19.9 Å². The van der Waals surface area contributed by atoms with Gasteiger partial charge in [0.05, 0.1) is 18.8 Å². The van der Waals surface area contributed by atoms with Gasteiger partial charge in [-0.3, -0.25) is 4.79 Å². The van der Waals surface area contributed by atoms with E-state index in [9.17, 15) is 30.0 Å². The maximum atomic E-state index is 12.9. The summed E-state index contributed by atoms with van der Waals surface area (Å²) in [6.45, 7) is 6.98. The zero-order chi connectivity index (χ0) is 23.9. The molecule has 0 saturated heterocycles. The average Bonchev–Trinajstić information content (AvgIpc) is 2.88. The van der Waals surface area contributed by atoms with Gasteiger partial charge >= 0.3 is 5.97 Å². The number of phenolic OH excluding ortho intramolecular Hbond substituents is 1. The van der Waals surface area contributed by atoms with Crippen LogP contribution in [-0.2, 0) is 9.53 Å². The van der Waals surface area contributed by atoms with E-state index in [1.807, 2.05) is 13.8 Å². The molecule has 2 saturated carbocycles. The van der Waals surface area contributed by atoms with Gasteiger partial charge in [0.25, 0.3) is 0 Å².